The normalized spacial score (nSPS) is 18.1. The van der Waals surface area contributed by atoms with Gasteiger partial charge >= 0.3 is 0 Å². The van der Waals surface area contributed by atoms with E-state index in [2.05, 4.69) is 0 Å². The number of rotatable bonds is 2. The topological polar surface area (TPSA) is 66.5 Å². The predicted molar refractivity (Wildman–Crippen MR) is 54.4 cm³/mol. The number of benzene rings is 1. The maximum atomic E-state index is 9.35. The van der Waals surface area contributed by atoms with Gasteiger partial charge in [-0.3, -0.25) is 0 Å². The molecule has 1 saturated carbocycles. The molecule has 0 aromatic heterocycles. The maximum absolute atomic E-state index is 9.35. The van der Waals surface area contributed by atoms with E-state index in [0.29, 0.717) is 0 Å². The van der Waals surface area contributed by atoms with Crippen LogP contribution in [0.1, 0.15) is 24.0 Å². The molecule has 14 heavy (non-hydrogen) atoms. The van der Waals surface area contributed by atoms with Gasteiger partial charge in [0.1, 0.15) is 0 Å². The SMILES string of the molecule is Cc1cc(O)c(O)cc1CC1(N)CC1. The zero-order valence-electron chi connectivity index (χ0n) is 8.25. The molecule has 2 rings (SSSR count). The Bertz CT molecular complexity index is 370. The lowest BCUT2D eigenvalue weighted by atomic mass is 9.99. The summed E-state index contributed by atoms with van der Waals surface area (Å²) in [5.41, 5.74) is 7.94. The molecule has 1 aliphatic rings. The van der Waals surface area contributed by atoms with Gasteiger partial charge in [0.05, 0.1) is 0 Å². The molecule has 0 atom stereocenters. The van der Waals surface area contributed by atoms with Crippen molar-refractivity contribution in [3.63, 3.8) is 0 Å². The van der Waals surface area contributed by atoms with Crippen molar-refractivity contribution < 1.29 is 10.2 Å². The molecule has 1 aromatic carbocycles. The number of phenols is 2. The van der Waals surface area contributed by atoms with Crippen molar-refractivity contribution in [2.24, 2.45) is 5.73 Å². The summed E-state index contributed by atoms with van der Waals surface area (Å²) in [6, 6.07) is 3.19. The lowest BCUT2D eigenvalue weighted by Crippen LogP contribution is -2.24. The molecule has 1 aromatic rings. The van der Waals surface area contributed by atoms with Crippen LogP contribution >= 0.6 is 0 Å². The molecule has 0 aliphatic heterocycles. The molecular weight excluding hydrogens is 178 g/mol. The van der Waals surface area contributed by atoms with Crippen LogP contribution in [0.25, 0.3) is 0 Å². The van der Waals surface area contributed by atoms with Crippen molar-refractivity contribution in [3.8, 4) is 11.5 Å². The quantitative estimate of drug-likeness (QED) is 0.622. The van der Waals surface area contributed by atoms with Gasteiger partial charge in [-0.05, 0) is 49.4 Å². The molecule has 0 radical (unpaired) electrons. The smallest absolute Gasteiger partial charge is 0.157 e. The van der Waals surface area contributed by atoms with Crippen LogP contribution in [-0.4, -0.2) is 15.8 Å². The Morgan fingerprint density at radius 2 is 1.86 bits per heavy atom. The summed E-state index contributed by atoms with van der Waals surface area (Å²) in [7, 11) is 0. The zero-order chi connectivity index (χ0) is 10.3. The number of nitrogens with two attached hydrogens (primary N) is 1. The van der Waals surface area contributed by atoms with E-state index in [1.54, 1.807) is 12.1 Å². The summed E-state index contributed by atoms with van der Waals surface area (Å²) in [4.78, 5) is 0. The highest BCUT2D eigenvalue weighted by Gasteiger charge is 2.38. The summed E-state index contributed by atoms with van der Waals surface area (Å²) in [5.74, 6) is -0.122. The fourth-order valence-electron chi connectivity index (χ4n) is 1.63. The first-order valence-corrected chi connectivity index (χ1v) is 4.80. The summed E-state index contributed by atoms with van der Waals surface area (Å²) in [5, 5.41) is 18.6. The molecule has 1 aliphatic carbocycles. The minimum atomic E-state index is -0.0619. The predicted octanol–water partition coefficient (Wildman–Crippen LogP) is 1.44. The molecule has 76 valence electrons. The van der Waals surface area contributed by atoms with Crippen LogP contribution in [0.5, 0.6) is 11.5 Å². The highest BCUT2D eigenvalue weighted by molar-refractivity contribution is 5.45. The van der Waals surface area contributed by atoms with Crippen molar-refractivity contribution in [2.75, 3.05) is 0 Å². The molecule has 0 unspecified atom stereocenters. The highest BCUT2D eigenvalue weighted by atomic mass is 16.3. The largest absolute Gasteiger partial charge is 0.504 e. The Kier molecular flexibility index (Phi) is 1.93. The number of phenolic OH excluding ortho intramolecular Hbond substituents is 2. The number of hydrogen-bond donors (Lipinski definition) is 3. The van der Waals surface area contributed by atoms with Gasteiger partial charge in [0, 0.05) is 5.54 Å². The summed E-state index contributed by atoms with van der Waals surface area (Å²) in [6.45, 7) is 1.92. The molecule has 3 heteroatoms. The third-order valence-electron chi connectivity index (χ3n) is 2.87. The van der Waals surface area contributed by atoms with E-state index in [4.69, 9.17) is 5.73 Å². The fraction of sp³-hybridized carbons (Fsp3) is 0.455. The van der Waals surface area contributed by atoms with Gasteiger partial charge in [0.15, 0.2) is 11.5 Å². The van der Waals surface area contributed by atoms with Crippen LogP contribution in [0.2, 0.25) is 0 Å². The van der Waals surface area contributed by atoms with Gasteiger partial charge in [0.25, 0.3) is 0 Å². The molecule has 4 N–H and O–H groups in total. The monoisotopic (exact) mass is 193 g/mol. The molecule has 3 nitrogen and oxygen atoms in total. The third-order valence-corrected chi connectivity index (χ3v) is 2.87. The molecule has 1 fully saturated rings. The van der Waals surface area contributed by atoms with E-state index >= 15 is 0 Å². The molecular formula is C11H15NO2. The first-order valence-electron chi connectivity index (χ1n) is 4.80. The summed E-state index contributed by atoms with van der Waals surface area (Å²) < 4.78 is 0. The molecule has 0 heterocycles. The lowest BCUT2D eigenvalue weighted by Gasteiger charge is -2.12. The van der Waals surface area contributed by atoms with Crippen molar-refractivity contribution in [3.05, 3.63) is 23.3 Å². The van der Waals surface area contributed by atoms with Crippen molar-refractivity contribution in [1.29, 1.82) is 0 Å². The standard InChI is InChI=1S/C11H15NO2/c1-7-4-9(13)10(14)5-8(7)6-11(12)2-3-11/h4-5,13-14H,2-3,6,12H2,1H3. The summed E-state index contributed by atoms with van der Waals surface area (Å²) in [6.07, 6.45) is 2.88. The fourth-order valence-corrected chi connectivity index (χ4v) is 1.63. The second-order valence-electron chi connectivity index (χ2n) is 4.31. The number of hydrogen-bond acceptors (Lipinski definition) is 3. The molecule has 0 amide bonds. The van der Waals surface area contributed by atoms with Crippen LogP contribution < -0.4 is 5.73 Å². The third kappa shape index (κ3) is 1.68. The lowest BCUT2D eigenvalue weighted by molar-refractivity contribution is 0.402. The molecule has 0 saturated heterocycles. The van der Waals surface area contributed by atoms with Crippen LogP contribution in [0.15, 0.2) is 12.1 Å². The van der Waals surface area contributed by atoms with E-state index in [0.717, 1.165) is 30.4 Å². The van der Waals surface area contributed by atoms with Crippen LogP contribution in [-0.2, 0) is 6.42 Å². The Hall–Kier alpha value is -1.22. The van der Waals surface area contributed by atoms with E-state index in [1.807, 2.05) is 6.92 Å². The summed E-state index contributed by atoms with van der Waals surface area (Å²) >= 11 is 0. The van der Waals surface area contributed by atoms with Gasteiger partial charge in [0.2, 0.25) is 0 Å². The van der Waals surface area contributed by atoms with Crippen LogP contribution in [0.3, 0.4) is 0 Å². The Labute approximate surface area is 83.2 Å². The van der Waals surface area contributed by atoms with E-state index in [9.17, 15) is 10.2 Å². The van der Waals surface area contributed by atoms with Crippen LogP contribution in [0, 0.1) is 6.92 Å². The maximum Gasteiger partial charge on any atom is 0.157 e. The van der Waals surface area contributed by atoms with Gasteiger partial charge in [-0.1, -0.05) is 0 Å². The molecule has 0 bridgehead atoms. The van der Waals surface area contributed by atoms with E-state index < -0.39 is 0 Å². The minimum Gasteiger partial charge on any atom is -0.504 e. The Morgan fingerprint density at radius 1 is 1.29 bits per heavy atom. The Morgan fingerprint density at radius 3 is 2.43 bits per heavy atom. The zero-order valence-corrected chi connectivity index (χ0v) is 8.25. The van der Waals surface area contributed by atoms with E-state index in [-0.39, 0.29) is 17.0 Å². The van der Waals surface area contributed by atoms with Crippen molar-refractivity contribution in [1.82, 2.24) is 0 Å². The average Bonchev–Trinajstić information content (AvgIpc) is 2.80. The number of aromatic hydroxyl groups is 2. The Balaban J connectivity index is 2.29. The van der Waals surface area contributed by atoms with Gasteiger partial charge in [-0.2, -0.15) is 0 Å². The molecule has 0 spiro atoms. The highest BCUT2D eigenvalue weighted by Crippen LogP contribution is 2.38. The number of aryl methyl sites for hydroxylation is 1. The average molecular weight is 193 g/mol. The van der Waals surface area contributed by atoms with Gasteiger partial charge in [-0.15, -0.1) is 0 Å². The van der Waals surface area contributed by atoms with Gasteiger partial charge in [-0.25, -0.2) is 0 Å². The van der Waals surface area contributed by atoms with E-state index in [1.165, 1.54) is 0 Å². The van der Waals surface area contributed by atoms with Crippen LogP contribution in [0.4, 0.5) is 0 Å². The first-order chi connectivity index (χ1) is 6.50. The van der Waals surface area contributed by atoms with Gasteiger partial charge < -0.3 is 15.9 Å². The first kappa shape index (κ1) is 9.34. The second kappa shape index (κ2) is 2.89. The van der Waals surface area contributed by atoms with Crippen molar-refractivity contribution in [2.45, 2.75) is 31.7 Å². The second-order valence-corrected chi connectivity index (χ2v) is 4.31. The van der Waals surface area contributed by atoms with Crippen molar-refractivity contribution >= 4 is 0 Å². The minimum absolute atomic E-state index is 0.0603.